The van der Waals surface area contributed by atoms with E-state index in [4.69, 9.17) is 0 Å². The van der Waals surface area contributed by atoms with Crippen molar-refractivity contribution in [3.8, 4) is 0 Å². The van der Waals surface area contributed by atoms with Crippen LogP contribution in [-0.2, 0) is 0 Å². The SMILES string of the molecule is CC(C)C1CN=C(Nc2ccc(N3CCCC3)cc2)S1. The van der Waals surface area contributed by atoms with Gasteiger partial charge in [-0.15, -0.1) is 0 Å². The monoisotopic (exact) mass is 289 g/mol. The van der Waals surface area contributed by atoms with Crippen LogP contribution in [0.1, 0.15) is 26.7 Å². The molecule has 0 saturated carbocycles. The van der Waals surface area contributed by atoms with Gasteiger partial charge in [0.05, 0.1) is 6.54 Å². The number of nitrogens with one attached hydrogen (secondary N) is 1. The van der Waals surface area contributed by atoms with Crippen LogP contribution in [0.2, 0.25) is 0 Å². The first kappa shape index (κ1) is 13.8. The Bertz CT molecular complexity index is 475. The van der Waals surface area contributed by atoms with Crippen molar-refractivity contribution in [3.05, 3.63) is 24.3 Å². The molecule has 2 heterocycles. The Hall–Kier alpha value is -1.16. The molecule has 3 rings (SSSR count). The molecule has 2 aliphatic heterocycles. The second-order valence-electron chi connectivity index (χ2n) is 5.91. The molecule has 1 saturated heterocycles. The van der Waals surface area contributed by atoms with Crippen molar-refractivity contribution < 1.29 is 0 Å². The summed E-state index contributed by atoms with van der Waals surface area (Å²) >= 11 is 1.87. The van der Waals surface area contributed by atoms with Crippen molar-refractivity contribution >= 4 is 28.3 Å². The third-order valence-electron chi connectivity index (χ3n) is 4.01. The second kappa shape index (κ2) is 6.08. The Balaban J connectivity index is 1.58. The highest BCUT2D eigenvalue weighted by atomic mass is 32.2. The Morgan fingerprint density at radius 3 is 2.50 bits per heavy atom. The highest BCUT2D eigenvalue weighted by molar-refractivity contribution is 8.15. The molecular formula is C16H23N3S. The van der Waals surface area contributed by atoms with E-state index in [0.29, 0.717) is 11.2 Å². The van der Waals surface area contributed by atoms with Crippen LogP contribution in [0.25, 0.3) is 0 Å². The third kappa shape index (κ3) is 3.11. The van der Waals surface area contributed by atoms with Gasteiger partial charge < -0.3 is 10.2 Å². The van der Waals surface area contributed by atoms with Gasteiger partial charge >= 0.3 is 0 Å². The molecule has 1 aromatic rings. The number of rotatable bonds is 3. The van der Waals surface area contributed by atoms with Gasteiger partial charge in [0.25, 0.3) is 0 Å². The smallest absolute Gasteiger partial charge is 0.161 e. The number of hydrogen-bond acceptors (Lipinski definition) is 4. The molecule has 0 bridgehead atoms. The van der Waals surface area contributed by atoms with Crippen LogP contribution in [0.3, 0.4) is 0 Å². The van der Waals surface area contributed by atoms with Crippen molar-refractivity contribution in [2.45, 2.75) is 31.9 Å². The lowest BCUT2D eigenvalue weighted by Gasteiger charge is -2.18. The number of nitrogens with zero attached hydrogens (tertiary/aromatic N) is 2. The average Bonchev–Trinajstić information content (AvgIpc) is 3.10. The molecule has 3 nitrogen and oxygen atoms in total. The first-order valence-electron chi connectivity index (χ1n) is 7.55. The zero-order valence-corrected chi connectivity index (χ0v) is 13.1. The quantitative estimate of drug-likeness (QED) is 0.916. The molecule has 0 radical (unpaired) electrons. The highest BCUT2D eigenvalue weighted by Crippen LogP contribution is 2.28. The van der Waals surface area contributed by atoms with E-state index in [1.54, 1.807) is 0 Å². The van der Waals surface area contributed by atoms with Crippen molar-refractivity contribution in [1.29, 1.82) is 0 Å². The normalized spacial score (nSPS) is 22.4. The van der Waals surface area contributed by atoms with Crippen molar-refractivity contribution in [3.63, 3.8) is 0 Å². The minimum atomic E-state index is 0.626. The average molecular weight is 289 g/mol. The Morgan fingerprint density at radius 1 is 1.20 bits per heavy atom. The van der Waals surface area contributed by atoms with Gasteiger partial charge in [0.15, 0.2) is 5.17 Å². The summed E-state index contributed by atoms with van der Waals surface area (Å²) in [6.45, 7) is 7.87. The number of thioether (sulfide) groups is 1. The van der Waals surface area contributed by atoms with Crippen LogP contribution in [0.15, 0.2) is 29.3 Å². The molecule has 0 amide bonds. The molecule has 1 aromatic carbocycles. The summed E-state index contributed by atoms with van der Waals surface area (Å²) in [5.74, 6) is 0.681. The summed E-state index contributed by atoms with van der Waals surface area (Å²) < 4.78 is 0. The number of aliphatic imine (C=N–C) groups is 1. The van der Waals surface area contributed by atoms with E-state index in [2.05, 4.69) is 53.3 Å². The molecule has 1 unspecified atom stereocenters. The maximum atomic E-state index is 4.59. The molecular weight excluding hydrogens is 266 g/mol. The van der Waals surface area contributed by atoms with E-state index >= 15 is 0 Å². The van der Waals surface area contributed by atoms with Gasteiger partial charge in [-0.25, -0.2) is 0 Å². The van der Waals surface area contributed by atoms with Crippen LogP contribution >= 0.6 is 11.8 Å². The minimum absolute atomic E-state index is 0.626. The van der Waals surface area contributed by atoms with Crippen molar-refractivity contribution in [2.75, 3.05) is 29.9 Å². The fourth-order valence-corrected chi connectivity index (χ4v) is 3.69. The van der Waals surface area contributed by atoms with Crippen molar-refractivity contribution in [1.82, 2.24) is 0 Å². The van der Waals surface area contributed by atoms with Crippen molar-refractivity contribution in [2.24, 2.45) is 10.9 Å². The topological polar surface area (TPSA) is 27.6 Å². The maximum absolute atomic E-state index is 4.59. The maximum Gasteiger partial charge on any atom is 0.161 e. The van der Waals surface area contributed by atoms with Crippen LogP contribution in [0.4, 0.5) is 11.4 Å². The summed E-state index contributed by atoms with van der Waals surface area (Å²) in [5.41, 5.74) is 2.48. The molecule has 0 aromatic heterocycles. The second-order valence-corrected chi connectivity index (χ2v) is 7.14. The molecule has 0 aliphatic carbocycles. The summed E-state index contributed by atoms with van der Waals surface area (Å²) in [6, 6.07) is 8.76. The van der Waals surface area contributed by atoms with Crippen LogP contribution in [0, 0.1) is 5.92 Å². The van der Waals surface area contributed by atoms with Gasteiger partial charge in [0, 0.05) is 29.7 Å². The lowest BCUT2D eigenvalue weighted by Crippen LogP contribution is -2.17. The summed E-state index contributed by atoms with van der Waals surface area (Å²) in [7, 11) is 0. The number of amidine groups is 1. The molecule has 108 valence electrons. The molecule has 1 atom stereocenters. The van der Waals surface area contributed by atoms with Crippen LogP contribution in [-0.4, -0.2) is 30.1 Å². The van der Waals surface area contributed by atoms with Crippen LogP contribution in [0.5, 0.6) is 0 Å². The Morgan fingerprint density at radius 2 is 1.90 bits per heavy atom. The summed E-state index contributed by atoms with van der Waals surface area (Å²) in [4.78, 5) is 7.05. The fraction of sp³-hybridized carbons (Fsp3) is 0.562. The fourth-order valence-electron chi connectivity index (χ4n) is 2.66. The van der Waals surface area contributed by atoms with E-state index < -0.39 is 0 Å². The van der Waals surface area contributed by atoms with Gasteiger partial charge in [-0.05, 0) is 43.0 Å². The minimum Gasteiger partial charge on any atom is -0.372 e. The molecule has 2 aliphatic rings. The standard InChI is InChI=1S/C16H23N3S/c1-12(2)15-11-17-16(20-15)18-13-5-7-14(8-6-13)19-9-3-4-10-19/h5-8,12,15H,3-4,9-11H2,1-2H3,(H,17,18). The summed E-state index contributed by atoms with van der Waals surface area (Å²) in [5, 5.41) is 5.13. The van der Waals surface area contributed by atoms with Crippen LogP contribution < -0.4 is 10.2 Å². The van der Waals surface area contributed by atoms with E-state index in [1.165, 1.54) is 31.6 Å². The zero-order valence-electron chi connectivity index (χ0n) is 12.3. The predicted octanol–water partition coefficient (Wildman–Crippen LogP) is 3.83. The lowest BCUT2D eigenvalue weighted by atomic mass is 10.1. The molecule has 1 N–H and O–H groups in total. The van der Waals surface area contributed by atoms with E-state index in [-0.39, 0.29) is 0 Å². The number of anilines is 2. The molecule has 20 heavy (non-hydrogen) atoms. The van der Waals surface area contributed by atoms with Gasteiger partial charge in [-0.2, -0.15) is 0 Å². The molecule has 0 spiro atoms. The molecule has 1 fully saturated rings. The predicted molar refractivity (Wildman–Crippen MR) is 90.0 cm³/mol. The Kier molecular flexibility index (Phi) is 4.20. The summed E-state index contributed by atoms with van der Waals surface area (Å²) in [6.07, 6.45) is 2.65. The van der Waals surface area contributed by atoms with E-state index in [1.807, 2.05) is 11.8 Å². The lowest BCUT2D eigenvalue weighted by molar-refractivity contribution is 0.621. The van der Waals surface area contributed by atoms with Gasteiger partial charge in [-0.3, -0.25) is 4.99 Å². The first-order chi connectivity index (χ1) is 9.72. The molecule has 4 heteroatoms. The largest absolute Gasteiger partial charge is 0.372 e. The Labute approximate surface area is 125 Å². The highest BCUT2D eigenvalue weighted by Gasteiger charge is 2.22. The number of hydrogen-bond donors (Lipinski definition) is 1. The van der Waals surface area contributed by atoms with E-state index in [0.717, 1.165) is 17.4 Å². The van der Waals surface area contributed by atoms with Gasteiger partial charge in [0.2, 0.25) is 0 Å². The van der Waals surface area contributed by atoms with Gasteiger partial charge in [0.1, 0.15) is 0 Å². The van der Waals surface area contributed by atoms with E-state index in [9.17, 15) is 0 Å². The number of benzene rings is 1. The van der Waals surface area contributed by atoms with Gasteiger partial charge in [-0.1, -0.05) is 25.6 Å². The first-order valence-corrected chi connectivity index (χ1v) is 8.43. The zero-order chi connectivity index (χ0) is 13.9. The third-order valence-corrected chi connectivity index (χ3v) is 5.46.